The fourth-order valence-electron chi connectivity index (χ4n) is 2.35. The lowest BCUT2D eigenvalue weighted by atomic mass is 9.95. The minimum Gasteiger partial charge on any atom is -0.379 e. The van der Waals surface area contributed by atoms with E-state index in [9.17, 15) is 9.18 Å². The van der Waals surface area contributed by atoms with E-state index in [1.807, 2.05) is 19.1 Å². The zero-order chi connectivity index (χ0) is 16.4. The Kier molecular flexibility index (Phi) is 3.82. The van der Waals surface area contributed by atoms with E-state index in [4.69, 9.17) is 4.84 Å². The smallest absolute Gasteiger partial charge is 0.272 e. The number of nitrogens with one attached hydrogen (secondary N) is 1. The molecular formula is C17H16FN3O2. The zero-order valence-electron chi connectivity index (χ0n) is 12.8. The van der Waals surface area contributed by atoms with E-state index in [0.717, 1.165) is 5.69 Å². The normalized spacial score (nSPS) is 19.9. The number of rotatable bonds is 3. The number of hydrogen-bond acceptors (Lipinski definition) is 4. The van der Waals surface area contributed by atoms with Crippen molar-refractivity contribution in [3.05, 3.63) is 59.5 Å². The molecule has 0 spiro atoms. The molecule has 6 heteroatoms. The molecule has 0 saturated carbocycles. The Labute approximate surface area is 133 Å². The van der Waals surface area contributed by atoms with E-state index >= 15 is 0 Å². The number of aromatic nitrogens is 1. The van der Waals surface area contributed by atoms with Crippen LogP contribution < -0.4 is 5.32 Å². The molecule has 1 atom stereocenters. The first-order valence-corrected chi connectivity index (χ1v) is 7.22. The first-order chi connectivity index (χ1) is 11.0. The van der Waals surface area contributed by atoms with Crippen molar-refractivity contribution in [1.29, 1.82) is 0 Å². The number of amides is 1. The molecule has 0 unspecified atom stereocenters. The van der Waals surface area contributed by atoms with Crippen LogP contribution in [0, 0.1) is 12.7 Å². The van der Waals surface area contributed by atoms with E-state index < -0.39 is 5.60 Å². The number of oxime groups is 1. The highest BCUT2D eigenvalue weighted by molar-refractivity contribution is 6.07. The molecule has 1 aliphatic rings. The predicted octanol–water partition coefficient (Wildman–Crippen LogP) is 3.05. The Morgan fingerprint density at radius 1 is 1.30 bits per heavy atom. The van der Waals surface area contributed by atoms with Gasteiger partial charge in [0.05, 0.1) is 5.71 Å². The molecule has 1 N–H and O–H groups in total. The van der Waals surface area contributed by atoms with Gasteiger partial charge in [0.2, 0.25) is 5.60 Å². The summed E-state index contributed by atoms with van der Waals surface area (Å²) in [6.07, 6.45) is 0.258. The summed E-state index contributed by atoms with van der Waals surface area (Å²) in [7, 11) is 0. The first kappa shape index (κ1) is 15.1. The molecule has 5 nitrogen and oxygen atoms in total. The summed E-state index contributed by atoms with van der Waals surface area (Å²) in [4.78, 5) is 22.0. The largest absolute Gasteiger partial charge is 0.379 e. The molecule has 0 fully saturated rings. The lowest BCUT2D eigenvalue weighted by molar-refractivity contribution is -0.135. The summed E-state index contributed by atoms with van der Waals surface area (Å²) in [6.45, 7) is 3.49. The van der Waals surface area contributed by atoms with Crippen LogP contribution in [0.25, 0.3) is 0 Å². The molecule has 118 valence electrons. The maximum atomic E-state index is 13.3. The number of hydrogen-bond donors (Lipinski definition) is 1. The van der Waals surface area contributed by atoms with Crippen LogP contribution in [0.4, 0.5) is 10.2 Å². The number of anilines is 1. The van der Waals surface area contributed by atoms with Gasteiger partial charge in [0.15, 0.2) is 0 Å². The molecule has 1 aliphatic heterocycles. The fraction of sp³-hybridized carbons (Fsp3) is 0.235. The first-order valence-electron chi connectivity index (χ1n) is 7.22. The Bertz CT molecular complexity index is 791. The van der Waals surface area contributed by atoms with Crippen LogP contribution in [-0.4, -0.2) is 22.2 Å². The molecule has 23 heavy (non-hydrogen) atoms. The lowest BCUT2D eigenvalue weighted by Crippen LogP contribution is -2.40. The van der Waals surface area contributed by atoms with Crippen molar-refractivity contribution in [1.82, 2.24) is 4.98 Å². The van der Waals surface area contributed by atoms with Gasteiger partial charge in [-0.25, -0.2) is 9.37 Å². The molecule has 0 bridgehead atoms. The maximum Gasteiger partial charge on any atom is 0.272 e. The van der Waals surface area contributed by atoms with Crippen molar-refractivity contribution in [2.45, 2.75) is 25.9 Å². The summed E-state index contributed by atoms with van der Waals surface area (Å²) < 4.78 is 13.3. The van der Waals surface area contributed by atoms with Crippen molar-refractivity contribution in [2.24, 2.45) is 5.16 Å². The van der Waals surface area contributed by atoms with Crippen LogP contribution >= 0.6 is 0 Å². The van der Waals surface area contributed by atoms with Crippen molar-refractivity contribution in [2.75, 3.05) is 5.32 Å². The average Bonchev–Trinajstić information content (AvgIpc) is 2.91. The number of aryl methyl sites for hydroxylation is 1. The summed E-state index contributed by atoms with van der Waals surface area (Å²) in [5, 5.41) is 6.68. The minimum atomic E-state index is -1.15. The number of benzene rings is 1. The van der Waals surface area contributed by atoms with Crippen LogP contribution in [0.1, 0.15) is 24.6 Å². The SMILES string of the molecule is Cc1cccc(NC(=O)[C@]2(C)CC(c3cccc(F)c3)=NO2)n1. The number of nitrogens with zero attached hydrogens (tertiary/aromatic N) is 2. The van der Waals surface area contributed by atoms with E-state index in [0.29, 0.717) is 17.1 Å². The van der Waals surface area contributed by atoms with Gasteiger partial charge >= 0.3 is 0 Å². The summed E-state index contributed by atoms with van der Waals surface area (Å²) in [6, 6.07) is 11.4. The molecule has 0 aliphatic carbocycles. The third-order valence-electron chi connectivity index (χ3n) is 3.63. The van der Waals surface area contributed by atoms with Gasteiger partial charge in [0.25, 0.3) is 5.91 Å². The molecule has 3 rings (SSSR count). The quantitative estimate of drug-likeness (QED) is 0.947. The van der Waals surface area contributed by atoms with Crippen LogP contribution in [-0.2, 0) is 9.63 Å². The maximum absolute atomic E-state index is 13.3. The second-order valence-corrected chi connectivity index (χ2v) is 5.67. The van der Waals surface area contributed by atoms with Crippen LogP contribution in [0.15, 0.2) is 47.6 Å². The zero-order valence-corrected chi connectivity index (χ0v) is 12.8. The molecule has 2 heterocycles. The molecule has 1 amide bonds. The highest BCUT2D eigenvalue weighted by Gasteiger charge is 2.42. The molecule has 1 aromatic carbocycles. The van der Waals surface area contributed by atoms with Gasteiger partial charge in [0.1, 0.15) is 11.6 Å². The van der Waals surface area contributed by atoms with Crippen molar-refractivity contribution >= 4 is 17.4 Å². The second-order valence-electron chi connectivity index (χ2n) is 5.67. The van der Waals surface area contributed by atoms with Gasteiger partial charge in [0, 0.05) is 17.7 Å². The van der Waals surface area contributed by atoms with Crippen molar-refractivity contribution in [3.63, 3.8) is 0 Å². The standard InChI is InChI=1S/C17H16FN3O2/c1-11-5-3-8-15(19-11)20-16(22)17(2)10-14(21-23-17)12-6-4-7-13(18)9-12/h3-9H,10H2,1-2H3,(H,19,20,22)/t17-/m0/s1. The van der Waals surface area contributed by atoms with Crippen LogP contribution in [0.3, 0.4) is 0 Å². The van der Waals surface area contributed by atoms with Gasteiger partial charge < -0.3 is 10.2 Å². The van der Waals surface area contributed by atoms with Gasteiger partial charge in [-0.05, 0) is 38.1 Å². The van der Waals surface area contributed by atoms with E-state index in [1.54, 1.807) is 25.1 Å². The Morgan fingerprint density at radius 2 is 2.09 bits per heavy atom. The number of carbonyl (C=O) groups is 1. The van der Waals surface area contributed by atoms with Crippen LogP contribution in [0.2, 0.25) is 0 Å². The van der Waals surface area contributed by atoms with Gasteiger partial charge in [-0.1, -0.05) is 23.4 Å². The lowest BCUT2D eigenvalue weighted by Gasteiger charge is -2.20. The topological polar surface area (TPSA) is 63.6 Å². The molecule has 0 saturated heterocycles. The molecular weight excluding hydrogens is 297 g/mol. The van der Waals surface area contributed by atoms with Gasteiger partial charge in [-0.3, -0.25) is 4.79 Å². The highest BCUT2D eigenvalue weighted by atomic mass is 19.1. The Hall–Kier alpha value is -2.76. The monoisotopic (exact) mass is 313 g/mol. The molecule has 2 aromatic rings. The fourth-order valence-corrected chi connectivity index (χ4v) is 2.35. The van der Waals surface area contributed by atoms with Gasteiger partial charge in [-0.2, -0.15) is 0 Å². The van der Waals surface area contributed by atoms with Gasteiger partial charge in [-0.15, -0.1) is 0 Å². The van der Waals surface area contributed by atoms with E-state index in [2.05, 4.69) is 15.5 Å². The average molecular weight is 313 g/mol. The Balaban J connectivity index is 1.73. The number of carbonyl (C=O) groups excluding carboxylic acids is 1. The number of pyridine rings is 1. The second kappa shape index (κ2) is 5.79. The van der Waals surface area contributed by atoms with E-state index in [1.165, 1.54) is 12.1 Å². The summed E-state index contributed by atoms with van der Waals surface area (Å²) >= 11 is 0. The molecule has 0 radical (unpaired) electrons. The Morgan fingerprint density at radius 3 is 2.83 bits per heavy atom. The van der Waals surface area contributed by atoms with Crippen molar-refractivity contribution < 1.29 is 14.0 Å². The van der Waals surface area contributed by atoms with E-state index in [-0.39, 0.29) is 18.1 Å². The van der Waals surface area contributed by atoms with Crippen LogP contribution in [0.5, 0.6) is 0 Å². The highest BCUT2D eigenvalue weighted by Crippen LogP contribution is 2.28. The number of halogens is 1. The summed E-state index contributed by atoms with van der Waals surface area (Å²) in [5.74, 6) is -0.239. The minimum absolute atomic E-state index is 0.258. The third kappa shape index (κ3) is 3.21. The predicted molar refractivity (Wildman–Crippen MR) is 84.6 cm³/mol. The van der Waals surface area contributed by atoms with Crippen molar-refractivity contribution in [3.8, 4) is 0 Å². The molecule has 1 aromatic heterocycles. The third-order valence-corrected chi connectivity index (χ3v) is 3.63. The summed E-state index contributed by atoms with van der Waals surface area (Å²) in [5.41, 5.74) is 0.805.